The van der Waals surface area contributed by atoms with Crippen molar-refractivity contribution >= 4 is 0 Å². The molecule has 0 saturated carbocycles. The molecule has 0 fully saturated rings. The molecule has 0 amide bonds. The van der Waals surface area contributed by atoms with Gasteiger partial charge in [0.15, 0.2) is 0 Å². The summed E-state index contributed by atoms with van der Waals surface area (Å²) in [6.07, 6.45) is 8.07. The third-order valence-corrected chi connectivity index (χ3v) is 4.20. The average Bonchev–Trinajstić information content (AvgIpc) is 3.03. The lowest BCUT2D eigenvalue weighted by atomic mass is 9.93. The second-order valence-electron chi connectivity index (χ2n) is 5.62. The van der Waals surface area contributed by atoms with Gasteiger partial charge in [0.05, 0.1) is 24.0 Å². The fourth-order valence-corrected chi connectivity index (χ4v) is 3.09. The summed E-state index contributed by atoms with van der Waals surface area (Å²) in [7, 11) is 0. The third-order valence-electron chi connectivity index (χ3n) is 4.20. The number of aliphatic hydroxyl groups excluding tert-OH is 1. The Hall–Kier alpha value is -1.55. The first-order valence-electron chi connectivity index (χ1n) is 7.63. The van der Waals surface area contributed by atoms with Gasteiger partial charge >= 0.3 is 0 Å². The third kappa shape index (κ3) is 2.40. The van der Waals surface area contributed by atoms with Crippen LogP contribution in [0.3, 0.4) is 0 Å². The Bertz CT molecular complexity index is 597. The number of aryl methyl sites for hydroxylation is 3. The lowest BCUT2D eigenvalue weighted by Crippen LogP contribution is -2.07. The van der Waals surface area contributed by atoms with E-state index in [1.807, 2.05) is 0 Å². The molecule has 108 valence electrons. The molecule has 0 bridgehead atoms. The Kier molecular flexibility index (Phi) is 3.66. The largest absolute Gasteiger partial charge is 0.388 e. The Morgan fingerprint density at radius 1 is 1.35 bits per heavy atom. The van der Waals surface area contributed by atoms with E-state index in [0.717, 1.165) is 50.0 Å². The van der Waals surface area contributed by atoms with E-state index in [-0.39, 0.29) is 6.10 Å². The van der Waals surface area contributed by atoms with Crippen molar-refractivity contribution in [1.29, 1.82) is 0 Å². The molecule has 20 heavy (non-hydrogen) atoms. The van der Waals surface area contributed by atoms with Crippen LogP contribution in [0, 0.1) is 0 Å². The molecule has 3 rings (SSSR count). The summed E-state index contributed by atoms with van der Waals surface area (Å²) in [5, 5.41) is 14.6. The Labute approximate surface area is 120 Å². The van der Waals surface area contributed by atoms with Gasteiger partial charge in [0.1, 0.15) is 0 Å². The summed E-state index contributed by atoms with van der Waals surface area (Å²) in [6, 6.07) is 2.19. The summed E-state index contributed by atoms with van der Waals surface area (Å²) < 4.78 is 4.27. The highest BCUT2D eigenvalue weighted by atomic mass is 16.3. The molecule has 0 spiro atoms. The maximum absolute atomic E-state index is 10.1. The van der Waals surface area contributed by atoms with E-state index < -0.39 is 0 Å². The lowest BCUT2D eigenvalue weighted by Gasteiger charge is -2.16. The predicted octanol–water partition coefficient (Wildman–Crippen LogP) is 2.68. The van der Waals surface area contributed by atoms with Crippen molar-refractivity contribution in [2.75, 3.05) is 0 Å². The highest BCUT2D eigenvalue weighted by Crippen LogP contribution is 2.30. The van der Waals surface area contributed by atoms with Gasteiger partial charge in [-0.15, -0.1) is 0 Å². The van der Waals surface area contributed by atoms with Crippen LogP contribution in [0.15, 0.2) is 18.5 Å². The van der Waals surface area contributed by atoms with Crippen molar-refractivity contribution in [3.63, 3.8) is 0 Å². The highest BCUT2D eigenvalue weighted by molar-refractivity contribution is 5.29. The fraction of sp³-hybridized carbons (Fsp3) is 0.562. The molecule has 2 heterocycles. The van der Waals surface area contributed by atoms with Crippen molar-refractivity contribution in [2.45, 2.75) is 58.7 Å². The quantitative estimate of drug-likeness (QED) is 0.930. The van der Waals surface area contributed by atoms with Crippen molar-refractivity contribution in [1.82, 2.24) is 14.3 Å². The van der Waals surface area contributed by atoms with Gasteiger partial charge in [0.25, 0.3) is 0 Å². The number of rotatable bonds is 4. The molecular weight excluding hydrogens is 250 g/mol. The minimum Gasteiger partial charge on any atom is -0.388 e. The summed E-state index contributed by atoms with van der Waals surface area (Å²) >= 11 is 0. The zero-order valence-corrected chi connectivity index (χ0v) is 12.3. The summed E-state index contributed by atoms with van der Waals surface area (Å²) in [5.41, 5.74) is 4.82. The zero-order valence-electron chi connectivity index (χ0n) is 12.3. The molecule has 1 unspecified atom stereocenters. The van der Waals surface area contributed by atoms with Crippen LogP contribution in [0.4, 0.5) is 0 Å². The second kappa shape index (κ2) is 5.44. The molecule has 1 aliphatic carbocycles. The molecule has 4 nitrogen and oxygen atoms in total. The predicted molar refractivity (Wildman–Crippen MR) is 78.7 cm³/mol. The van der Waals surface area contributed by atoms with Crippen LogP contribution >= 0.6 is 0 Å². The van der Waals surface area contributed by atoms with Gasteiger partial charge in [-0.25, -0.2) is 0 Å². The summed E-state index contributed by atoms with van der Waals surface area (Å²) in [4.78, 5) is 0. The lowest BCUT2D eigenvalue weighted by molar-refractivity contribution is 0.157. The SMILES string of the molecule is CCc1cc(Cn2cc3c(c2)C(O)CCC3)n(CC)n1. The van der Waals surface area contributed by atoms with Gasteiger partial charge in [-0.3, -0.25) is 4.68 Å². The fourth-order valence-electron chi connectivity index (χ4n) is 3.09. The highest BCUT2D eigenvalue weighted by Gasteiger charge is 2.20. The van der Waals surface area contributed by atoms with Crippen molar-refractivity contribution < 1.29 is 5.11 Å². The van der Waals surface area contributed by atoms with Crippen LogP contribution in [0.2, 0.25) is 0 Å². The van der Waals surface area contributed by atoms with Crippen molar-refractivity contribution in [2.24, 2.45) is 0 Å². The molecule has 2 aromatic heterocycles. The van der Waals surface area contributed by atoms with E-state index in [2.05, 4.69) is 46.7 Å². The van der Waals surface area contributed by atoms with E-state index in [1.165, 1.54) is 11.3 Å². The van der Waals surface area contributed by atoms with Crippen LogP contribution < -0.4 is 0 Å². The normalized spacial score (nSPS) is 18.2. The topological polar surface area (TPSA) is 43.0 Å². The average molecular weight is 273 g/mol. The van der Waals surface area contributed by atoms with E-state index >= 15 is 0 Å². The van der Waals surface area contributed by atoms with Gasteiger partial charge in [-0.05, 0) is 44.2 Å². The Morgan fingerprint density at radius 2 is 2.20 bits per heavy atom. The number of hydrogen-bond acceptors (Lipinski definition) is 2. The maximum Gasteiger partial charge on any atom is 0.0807 e. The number of fused-ring (bicyclic) bond motifs is 1. The first-order valence-corrected chi connectivity index (χ1v) is 7.63. The standard InChI is InChI=1S/C16H23N3O/c1-3-13-8-14(19(4-2)17-13)10-18-9-12-6-5-7-16(20)15(12)11-18/h8-9,11,16,20H,3-7,10H2,1-2H3. The summed E-state index contributed by atoms with van der Waals surface area (Å²) in [6.45, 7) is 6.00. The molecule has 0 aliphatic heterocycles. The van der Waals surface area contributed by atoms with Crippen LogP contribution in [-0.4, -0.2) is 19.5 Å². The van der Waals surface area contributed by atoms with Crippen LogP contribution in [0.5, 0.6) is 0 Å². The van der Waals surface area contributed by atoms with Gasteiger partial charge < -0.3 is 9.67 Å². The molecule has 4 heteroatoms. The molecule has 1 atom stereocenters. The molecule has 1 aliphatic rings. The van der Waals surface area contributed by atoms with E-state index in [9.17, 15) is 5.11 Å². The Morgan fingerprint density at radius 3 is 2.90 bits per heavy atom. The van der Waals surface area contributed by atoms with E-state index in [1.54, 1.807) is 0 Å². The maximum atomic E-state index is 10.1. The number of nitrogens with zero attached hydrogens (tertiary/aromatic N) is 3. The van der Waals surface area contributed by atoms with Crippen molar-refractivity contribution in [3.8, 4) is 0 Å². The van der Waals surface area contributed by atoms with Crippen LogP contribution in [-0.2, 0) is 25.9 Å². The Balaban J connectivity index is 1.86. The monoisotopic (exact) mass is 273 g/mol. The minimum atomic E-state index is -0.276. The van der Waals surface area contributed by atoms with E-state index in [4.69, 9.17) is 0 Å². The smallest absolute Gasteiger partial charge is 0.0807 e. The van der Waals surface area contributed by atoms with Gasteiger partial charge in [0.2, 0.25) is 0 Å². The van der Waals surface area contributed by atoms with Gasteiger partial charge in [-0.1, -0.05) is 6.92 Å². The zero-order chi connectivity index (χ0) is 14.1. The molecule has 2 aromatic rings. The molecule has 0 radical (unpaired) electrons. The van der Waals surface area contributed by atoms with Crippen LogP contribution in [0.1, 0.15) is 55.3 Å². The minimum absolute atomic E-state index is 0.276. The molecule has 0 aromatic carbocycles. The van der Waals surface area contributed by atoms with Crippen molar-refractivity contribution in [3.05, 3.63) is 41.0 Å². The first kappa shape index (κ1) is 13.4. The molecule has 1 N–H and O–H groups in total. The van der Waals surface area contributed by atoms with E-state index in [0.29, 0.717) is 0 Å². The van der Waals surface area contributed by atoms with Gasteiger partial charge in [0, 0.05) is 24.5 Å². The number of aromatic nitrogens is 3. The number of hydrogen-bond donors (Lipinski definition) is 1. The van der Waals surface area contributed by atoms with Crippen LogP contribution in [0.25, 0.3) is 0 Å². The number of aliphatic hydroxyl groups is 1. The second-order valence-corrected chi connectivity index (χ2v) is 5.62. The summed E-state index contributed by atoms with van der Waals surface area (Å²) in [5.74, 6) is 0. The molecular formula is C16H23N3O. The van der Waals surface area contributed by atoms with Gasteiger partial charge in [-0.2, -0.15) is 5.10 Å². The molecule has 0 saturated heterocycles. The first-order chi connectivity index (χ1) is 9.71.